The van der Waals surface area contributed by atoms with Gasteiger partial charge in [-0.2, -0.15) is 0 Å². The molecule has 0 saturated heterocycles. The average molecular weight is 389 g/mol. The van der Waals surface area contributed by atoms with Gasteiger partial charge >= 0.3 is 12.0 Å². The standard InChI is InChI=1S/C21H31N3O4/c1-15(25)22-17-8-11-19(12-9-17)24(2)21(28)23-18(10-13-20(26)27)14-16-6-4-3-5-7-16/h3-7,17-19H,8-14H2,1-2H3,(H,22,25)(H,23,28)(H,26,27). The Morgan fingerprint density at radius 2 is 1.79 bits per heavy atom. The van der Waals surface area contributed by atoms with E-state index in [1.165, 1.54) is 6.92 Å². The third-order valence-electron chi connectivity index (χ3n) is 5.33. The smallest absolute Gasteiger partial charge is 0.317 e. The number of urea groups is 1. The molecule has 1 aromatic rings. The van der Waals surface area contributed by atoms with Crippen molar-refractivity contribution in [2.45, 2.75) is 70.0 Å². The molecule has 2 rings (SSSR count). The number of hydrogen-bond donors (Lipinski definition) is 3. The van der Waals surface area contributed by atoms with Gasteiger partial charge in [0.2, 0.25) is 5.91 Å². The highest BCUT2D eigenvalue weighted by molar-refractivity contribution is 5.75. The zero-order valence-corrected chi connectivity index (χ0v) is 16.7. The van der Waals surface area contributed by atoms with Crippen LogP contribution < -0.4 is 10.6 Å². The number of aliphatic carboxylic acids is 1. The monoisotopic (exact) mass is 389 g/mol. The Kier molecular flexibility index (Phi) is 8.29. The van der Waals surface area contributed by atoms with Crippen LogP contribution in [0.25, 0.3) is 0 Å². The zero-order valence-electron chi connectivity index (χ0n) is 16.7. The quantitative estimate of drug-likeness (QED) is 0.636. The van der Waals surface area contributed by atoms with Crippen molar-refractivity contribution >= 4 is 17.9 Å². The molecule has 7 heteroatoms. The van der Waals surface area contributed by atoms with E-state index in [2.05, 4.69) is 10.6 Å². The number of nitrogens with zero attached hydrogens (tertiary/aromatic N) is 1. The third kappa shape index (κ3) is 7.21. The lowest BCUT2D eigenvalue weighted by molar-refractivity contribution is -0.137. The van der Waals surface area contributed by atoms with Crippen LogP contribution in [0.5, 0.6) is 0 Å². The van der Waals surface area contributed by atoms with Crippen molar-refractivity contribution in [2.24, 2.45) is 0 Å². The van der Waals surface area contributed by atoms with Crippen LogP contribution in [0, 0.1) is 0 Å². The highest BCUT2D eigenvalue weighted by atomic mass is 16.4. The van der Waals surface area contributed by atoms with Crippen molar-refractivity contribution in [2.75, 3.05) is 7.05 Å². The molecule has 1 saturated carbocycles. The van der Waals surface area contributed by atoms with E-state index in [0.717, 1.165) is 31.2 Å². The van der Waals surface area contributed by atoms with Crippen LogP contribution >= 0.6 is 0 Å². The summed E-state index contributed by atoms with van der Waals surface area (Å²) in [6, 6.07) is 9.67. The summed E-state index contributed by atoms with van der Waals surface area (Å²) in [5.41, 5.74) is 1.07. The van der Waals surface area contributed by atoms with E-state index in [9.17, 15) is 14.4 Å². The summed E-state index contributed by atoms with van der Waals surface area (Å²) in [5.74, 6) is -0.881. The molecule has 1 aliphatic carbocycles. The Morgan fingerprint density at radius 1 is 1.14 bits per heavy atom. The minimum atomic E-state index is -0.864. The fraction of sp³-hybridized carbons (Fsp3) is 0.571. The van der Waals surface area contributed by atoms with E-state index in [4.69, 9.17) is 5.11 Å². The fourth-order valence-electron chi connectivity index (χ4n) is 3.76. The lowest BCUT2D eigenvalue weighted by Crippen LogP contribution is -2.50. The molecule has 0 heterocycles. The number of nitrogens with one attached hydrogen (secondary N) is 2. The molecule has 1 atom stereocenters. The molecular formula is C21H31N3O4. The number of rotatable bonds is 8. The van der Waals surface area contributed by atoms with Gasteiger partial charge in [-0.15, -0.1) is 0 Å². The molecule has 3 amide bonds. The first-order valence-corrected chi connectivity index (χ1v) is 9.91. The lowest BCUT2D eigenvalue weighted by atomic mass is 9.90. The van der Waals surface area contributed by atoms with Gasteiger partial charge in [-0.3, -0.25) is 9.59 Å². The lowest BCUT2D eigenvalue weighted by Gasteiger charge is -2.35. The maximum absolute atomic E-state index is 12.7. The summed E-state index contributed by atoms with van der Waals surface area (Å²) in [4.78, 5) is 36.6. The highest BCUT2D eigenvalue weighted by Crippen LogP contribution is 2.22. The highest BCUT2D eigenvalue weighted by Gasteiger charge is 2.28. The second-order valence-corrected chi connectivity index (χ2v) is 7.59. The molecule has 0 radical (unpaired) electrons. The Balaban J connectivity index is 1.90. The first kappa shape index (κ1) is 21.7. The Bertz CT molecular complexity index is 657. The van der Waals surface area contributed by atoms with E-state index >= 15 is 0 Å². The van der Waals surface area contributed by atoms with Crippen LogP contribution in [0.15, 0.2) is 30.3 Å². The largest absolute Gasteiger partial charge is 0.481 e. The minimum absolute atomic E-state index is 0.0169. The Labute approximate surface area is 166 Å². The van der Waals surface area contributed by atoms with Crippen LogP contribution in [-0.4, -0.2) is 53.1 Å². The van der Waals surface area contributed by atoms with Gasteiger partial charge in [0, 0.05) is 38.5 Å². The summed E-state index contributed by atoms with van der Waals surface area (Å²) in [6.07, 6.45) is 4.40. The van der Waals surface area contributed by atoms with Gasteiger partial charge in [-0.1, -0.05) is 30.3 Å². The van der Waals surface area contributed by atoms with Crippen LogP contribution in [0.2, 0.25) is 0 Å². The van der Waals surface area contributed by atoms with Crippen molar-refractivity contribution in [1.29, 1.82) is 0 Å². The molecule has 0 bridgehead atoms. The third-order valence-corrected chi connectivity index (χ3v) is 5.33. The molecule has 1 unspecified atom stereocenters. The normalized spacial score (nSPS) is 20.1. The minimum Gasteiger partial charge on any atom is -0.481 e. The van der Waals surface area contributed by atoms with E-state index in [1.807, 2.05) is 30.3 Å². The van der Waals surface area contributed by atoms with Gasteiger partial charge in [0.25, 0.3) is 0 Å². The van der Waals surface area contributed by atoms with Gasteiger partial charge in [-0.25, -0.2) is 4.79 Å². The molecule has 0 spiro atoms. The topological polar surface area (TPSA) is 98.7 Å². The molecular weight excluding hydrogens is 358 g/mol. The average Bonchev–Trinajstić information content (AvgIpc) is 2.66. The van der Waals surface area contributed by atoms with Gasteiger partial charge in [0.1, 0.15) is 0 Å². The van der Waals surface area contributed by atoms with Crippen molar-refractivity contribution in [1.82, 2.24) is 15.5 Å². The van der Waals surface area contributed by atoms with Crippen molar-refractivity contribution < 1.29 is 19.5 Å². The van der Waals surface area contributed by atoms with Gasteiger partial charge in [0.05, 0.1) is 0 Å². The summed E-state index contributed by atoms with van der Waals surface area (Å²) < 4.78 is 0. The second-order valence-electron chi connectivity index (χ2n) is 7.59. The van der Waals surface area contributed by atoms with Crippen molar-refractivity contribution in [3.8, 4) is 0 Å². The molecule has 7 nitrogen and oxygen atoms in total. The fourth-order valence-corrected chi connectivity index (χ4v) is 3.76. The molecule has 1 aliphatic rings. The number of carboxylic acids is 1. The molecule has 28 heavy (non-hydrogen) atoms. The number of hydrogen-bond acceptors (Lipinski definition) is 3. The van der Waals surface area contributed by atoms with Gasteiger partial charge in [0.15, 0.2) is 0 Å². The molecule has 1 aromatic carbocycles. The second kappa shape index (κ2) is 10.7. The molecule has 154 valence electrons. The van der Waals surface area contributed by atoms with E-state index in [-0.39, 0.29) is 36.5 Å². The van der Waals surface area contributed by atoms with Crippen LogP contribution in [-0.2, 0) is 16.0 Å². The molecule has 1 fully saturated rings. The maximum atomic E-state index is 12.7. The number of amides is 3. The summed E-state index contributed by atoms with van der Waals surface area (Å²) in [5, 5.41) is 15.0. The van der Waals surface area contributed by atoms with Crippen molar-refractivity contribution in [3.05, 3.63) is 35.9 Å². The number of carboxylic acid groups (broad SMARTS) is 1. The maximum Gasteiger partial charge on any atom is 0.317 e. The molecule has 3 N–H and O–H groups in total. The SMILES string of the molecule is CC(=O)NC1CCC(N(C)C(=O)NC(CCC(=O)O)Cc2ccccc2)CC1. The number of benzene rings is 1. The Morgan fingerprint density at radius 3 is 2.36 bits per heavy atom. The van der Waals surface area contributed by atoms with Crippen LogP contribution in [0.3, 0.4) is 0 Å². The van der Waals surface area contributed by atoms with E-state index in [1.54, 1.807) is 11.9 Å². The van der Waals surface area contributed by atoms with E-state index in [0.29, 0.717) is 12.8 Å². The summed E-state index contributed by atoms with van der Waals surface area (Å²) in [6.45, 7) is 1.52. The zero-order chi connectivity index (χ0) is 20.5. The predicted octanol–water partition coefficient (Wildman–Crippen LogP) is 2.55. The summed E-state index contributed by atoms with van der Waals surface area (Å²) in [7, 11) is 1.79. The number of carbonyl (C=O) groups excluding carboxylic acids is 2. The predicted molar refractivity (Wildman–Crippen MR) is 107 cm³/mol. The van der Waals surface area contributed by atoms with Crippen LogP contribution in [0.1, 0.15) is 51.0 Å². The first-order chi connectivity index (χ1) is 13.3. The van der Waals surface area contributed by atoms with E-state index < -0.39 is 5.97 Å². The number of carbonyl (C=O) groups is 3. The van der Waals surface area contributed by atoms with Gasteiger partial charge in [-0.05, 0) is 44.1 Å². The van der Waals surface area contributed by atoms with Gasteiger partial charge < -0.3 is 20.6 Å². The van der Waals surface area contributed by atoms with Crippen LogP contribution in [0.4, 0.5) is 4.79 Å². The first-order valence-electron chi connectivity index (χ1n) is 9.91. The molecule has 0 aromatic heterocycles. The molecule has 0 aliphatic heterocycles. The summed E-state index contributed by atoms with van der Waals surface area (Å²) >= 11 is 0. The van der Waals surface area contributed by atoms with Crippen molar-refractivity contribution in [3.63, 3.8) is 0 Å². The Hall–Kier alpha value is -2.57.